The molecule has 2 heterocycles. The number of alkyl halides is 3. The lowest BCUT2D eigenvalue weighted by atomic mass is 9.85. The molecule has 1 aliphatic carbocycles. The molecule has 180 valence electrons. The normalized spacial score (nSPS) is 22.8. The number of carbonyl (C=O) groups excluding carboxylic acids is 1. The molecule has 11 heteroatoms. The van der Waals surface area contributed by atoms with E-state index in [1.807, 2.05) is 12.1 Å². The summed E-state index contributed by atoms with van der Waals surface area (Å²) < 4.78 is 42.6. The second-order valence-corrected chi connectivity index (χ2v) is 10.0. The van der Waals surface area contributed by atoms with Crippen LogP contribution >= 0.6 is 34.8 Å². The van der Waals surface area contributed by atoms with Crippen LogP contribution < -0.4 is 5.32 Å². The van der Waals surface area contributed by atoms with Gasteiger partial charge in [-0.25, -0.2) is 4.79 Å². The van der Waals surface area contributed by atoms with Crippen LogP contribution in [-0.4, -0.2) is 42.0 Å². The van der Waals surface area contributed by atoms with Crippen LogP contribution in [0.25, 0.3) is 0 Å². The van der Waals surface area contributed by atoms with E-state index >= 15 is 0 Å². The molecule has 0 spiro atoms. The van der Waals surface area contributed by atoms with Gasteiger partial charge in [-0.15, -0.1) is 0 Å². The highest BCUT2D eigenvalue weighted by atomic mass is 35.5. The van der Waals surface area contributed by atoms with Crippen LogP contribution in [0, 0.1) is 0 Å². The van der Waals surface area contributed by atoms with E-state index in [0.717, 1.165) is 30.5 Å². The van der Waals surface area contributed by atoms with E-state index in [0.29, 0.717) is 24.7 Å². The quantitative estimate of drug-likeness (QED) is 0.457. The van der Waals surface area contributed by atoms with Gasteiger partial charge in [0.2, 0.25) is 0 Å². The summed E-state index contributed by atoms with van der Waals surface area (Å²) in [5.41, 5.74) is -1.30. The number of amides is 2. The third-order valence-corrected chi connectivity index (χ3v) is 7.62. The standard InChI is InChI=1S/C23H19Cl3F3N3O2/c24-17-7-15(8-18(25)20(17)26)22(23(27,28)29)9-19(31-34-22)13-3-1-12(2-4-13)14-10-32(11-14)21(33)30-16-5-6-16/h1-4,7-8,14,16H,5-6,9-11H2,(H,30,33). The van der Waals surface area contributed by atoms with E-state index in [2.05, 4.69) is 10.5 Å². The molecule has 0 bridgehead atoms. The number of hydrogen-bond acceptors (Lipinski definition) is 3. The topological polar surface area (TPSA) is 53.9 Å². The van der Waals surface area contributed by atoms with Crippen LogP contribution in [0.1, 0.15) is 41.9 Å². The molecule has 5 rings (SSSR count). The zero-order chi connectivity index (χ0) is 24.3. The summed E-state index contributed by atoms with van der Waals surface area (Å²) in [6.07, 6.45) is -3.25. The number of halogens is 6. The first-order valence-electron chi connectivity index (χ1n) is 10.7. The third kappa shape index (κ3) is 4.20. The van der Waals surface area contributed by atoms with Crippen molar-refractivity contribution in [3.8, 4) is 0 Å². The molecule has 1 unspecified atom stereocenters. The molecular formula is C23H19Cl3F3N3O2. The van der Waals surface area contributed by atoms with Gasteiger partial charge in [-0.3, -0.25) is 0 Å². The van der Waals surface area contributed by atoms with Gasteiger partial charge in [0, 0.05) is 37.0 Å². The van der Waals surface area contributed by atoms with Crippen molar-refractivity contribution in [2.75, 3.05) is 13.1 Å². The lowest BCUT2D eigenvalue weighted by Crippen LogP contribution is -2.52. The molecule has 0 radical (unpaired) electrons. The third-order valence-electron chi connectivity index (χ3n) is 6.43. The van der Waals surface area contributed by atoms with Crippen LogP contribution in [0.4, 0.5) is 18.0 Å². The van der Waals surface area contributed by atoms with Crippen LogP contribution in [0.15, 0.2) is 41.6 Å². The van der Waals surface area contributed by atoms with E-state index < -0.39 is 18.2 Å². The lowest BCUT2D eigenvalue weighted by Gasteiger charge is -2.39. The molecule has 1 saturated heterocycles. The monoisotopic (exact) mass is 531 g/mol. The summed E-state index contributed by atoms with van der Waals surface area (Å²) >= 11 is 17.9. The van der Waals surface area contributed by atoms with Gasteiger partial charge in [0.05, 0.1) is 20.8 Å². The van der Waals surface area contributed by atoms with Crippen molar-refractivity contribution >= 4 is 46.5 Å². The van der Waals surface area contributed by atoms with Crippen LogP contribution in [-0.2, 0) is 10.4 Å². The fourth-order valence-corrected chi connectivity index (χ4v) is 4.74. The number of nitrogens with one attached hydrogen (secondary N) is 1. The SMILES string of the molecule is O=C(NC1CC1)N1CC(c2ccc(C3=NOC(c4cc(Cl)c(Cl)c(Cl)c4)(C(F)(F)F)C3)cc2)C1. The molecule has 1 N–H and O–H groups in total. The van der Waals surface area contributed by atoms with Gasteiger partial charge in [-0.2, -0.15) is 13.2 Å². The summed E-state index contributed by atoms with van der Waals surface area (Å²) in [6.45, 7) is 1.22. The predicted octanol–water partition coefficient (Wildman–Crippen LogP) is 6.50. The molecule has 34 heavy (non-hydrogen) atoms. The molecule has 2 aromatic carbocycles. The average molecular weight is 533 g/mol. The molecule has 3 aliphatic rings. The summed E-state index contributed by atoms with van der Waals surface area (Å²) in [5.74, 6) is 0.188. The van der Waals surface area contributed by atoms with Gasteiger partial charge < -0.3 is 15.1 Å². The maximum atomic E-state index is 14.2. The number of oxime groups is 1. The van der Waals surface area contributed by atoms with Crippen molar-refractivity contribution in [1.29, 1.82) is 0 Å². The maximum absolute atomic E-state index is 14.2. The minimum atomic E-state index is -4.78. The number of likely N-dealkylation sites (tertiary alicyclic amines) is 1. The van der Waals surface area contributed by atoms with E-state index in [1.165, 1.54) is 0 Å². The number of hydrogen-bond donors (Lipinski definition) is 1. The molecule has 2 aromatic rings. The van der Waals surface area contributed by atoms with Crippen LogP contribution in [0.2, 0.25) is 15.1 Å². The molecule has 1 saturated carbocycles. The number of benzene rings is 2. The first-order chi connectivity index (χ1) is 16.1. The minimum absolute atomic E-state index is 0.0290. The Hall–Kier alpha value is -2.16. The average Bonchev–Trinajstić information content (AvgIpc) is 3.43. The smallest absolute Gasteiger partial charge is 0.374 e. The van der Waals surface area contributed by atoms with Crippen molar-refractivity contribution in [3.05, 3.63) is 68.2 Å². The second-order valence-electron chi connectivity index (χ2n) is 8.83. The zero-order valence-corrected chi connectivity index (χ0v) is 19.9. The highest BCUT2D eigenvalue weighted by Crippen LogP contribution is 2.50. The summed E-state index contributed by atoms with van der Waals surface area (Å²) in [6, 6.07) is 9.61. The van der Waals surface area contributed by atoms with Gasteiger partial charge >= 0.3 is 12.2 Å². The molecule has 1 atom stereocenters. The van der Waals surface area contributed by atoms with Gasteiger partial charge in [0.25, 0.3) is 5.60 Å². The van der Waals surface area contributed by atoms with Gasteiger partial charge in [-0.1, -0.05) is 64.2 Å². The van der Waals surface area contributed by atoms with E-state index in [1.54, 1.807) is 17.0 Å². The summed E-state index contributed by atoms with van der Waals surface area (Å²) in [5, 5.41) is 6.50. The van der Waals surface area contributed by atoms with Crippen molar-refractivity contribution in [1.82, 2.24) is 10.2 Å². The number of carbonyl (C=O) groups is 1. The van der Waals surface area contributed by atoms with Crippen molar-refractivity contribution in [2.24, 2.45) is 5.16 Å². The molecule has 0 aromatic heterocycles. The first kappa shape index (κ1) is 23.6. The minimum Gasteiger partial charge on any atom is -0.374 e. The largest absolute Gasteiger partial charge is 0.435 e. The molecular weight excluding hydrogens is 514 g/mol. The number of urea groups is 1. The molecule has 2 fully saturated rings. The van der Waals surface area contributed by atoms with Crippen molar-refractivity contribution < 1.29 is 22.8 Å². The fourth-order valence-electron chi connectivity index (χ4n) is 4.14. The number of rotatable bonds is 4. The molecule has 5 nitrogen and oxygen atoms in total. The Morgan fingerprint density at radius 2 is 1.71 bits per heavy atom. The van der Waals surface area contributed by atoms with Gasteiger partial charge in [0.1, 0.15) is 0 Å². The summed E-state index contributed by atoms with van der Waals surface area (Å²) in [4.78, 5) is 18.9. The van der Waals surface area contributed by atoms with E-state index in [-0.39, 0.29) is 38.3 Å². The van der Waals surface area contributed by atoms with E-state index in [9.17, 15) is 18.0 Å². The van der Waals surface area contributed by atoms with Crippen molar-refractivity contribution in [2.45, 2.75) is 43.0 Å². The van der Waals surface area contributed by atoms with Crippen LogP contribution in [0.5, 0.6) is 0 Å². The Balaban J connectivity index is 1.30. The van der Waals surface area contributed by atoms with E-state index in [4.69, 9.17) is 39.6 Å². The van der Waals surface area contributed by atoms with Crippen LogP contribution in [0.3, 0.4) is 0 Å². The highest BCUT2D eigenvalue weighted by Gasteiger charge is 2.62. The Kier molecular flexibility index (Phi) is 5.89. The Morgan fingerprint density at radius 3 is 2.26 bits per heavy atom. The fraction of sp³-hybridized carbons (Fsp3) is 0.391. The highest BCUT2D eigenvalue weighted by molar-refractivity contribution is 6.48. The summed E-state index contributed by atoms with van der Waals surface area (Å²) in [7, 11) is 0. The second kappa shape index (κ2) is 8.50. The Morgan fingerprint density at radius 1 is 1.09 bits per heavy atom. The van der Waals surface area contributed by atoms with Gasteiger partial charge in [-0.05, 0) is 36.1 Å². The predicted molar refractivity (Wildman–Crippen MR) is 124 cm³/mol. The molecule has 2 aliphatic heterocycles. The zero-order valence-electron chi connectivity index (χ0n) is 17.6. The first-order valence-corrected chi connectivity index (χ1v) is 11.8. The Bertz CT molecular complexity index is 1140. The molecule has 2 amide bonds. The maximum Gasteiger partial charge on any atom is 0.435 e. The Labute approximate surface area is 208 Å². The van der Waals surface area contributed by atoms with Gasteiger partial charge in [0.15, 0.2) is 0 Å². The lowest BCUT2D eigenvalue weighted by molar-refractivity contribution is -0.275. The number of nitrogens with zero attached hydrogens (tertiary/aromatic N) is 2. The van der Waals surface area contributed by atoms with Crippen molar-refractivity contribution in [3.63, 3.8) is 0 Å².